The smallest absolute Gasteiger partial charge is 0.248 e. The molecule has 1 saturated heterocycles. The molecule has 1 unspecified atom stereocenters. The van der Waals surface area contributed by atoms with E-state index in [0.717, 1.165) is 0 Å². The SMILES string of the molecule is Cc1noc(C)c1S(=O)(=O)N1CCN(C)C(c2ccccc2F)C1. The number of aryl methyl sites for hydroxylation is 2. The van der Waals surface area contributed by atoms with Crippen LogP contribution in [0.3, 0.4) is 0 Å². The Kier molecular flexibility index (Phi) is 4.46. The summed E-state index contributed by atoms with van der Waals surface area (Å²) < 4.78 is 46.5. The van der Waals surface area contributed by atoms with Crippen LogP contribution in [0.25, 0.3) is 0 Å². The van der Waals surface area contributed by atoms with Gasteiger partial charge in [0.2, 0.25) is 10.0 Å². The summed E-state index contributed by atoms with van der Waals surface area (Å²) in [6, 6.07) is 6.14. The van der Waals surface area contributed by atoms with Crippen LogP contribution < -0.4 is 0 Å². The topological polar surface area (TPSA) is 66.7 Å². The summed E-state index contributed by atoms with van der Waals surface area (Å²) in [6.45, 7) is 4.23. The van der Waals surface area contributed by atoms with Gasteiger partial charge in [-0.15, -0.1) is 0 Å². The van der Waals surface area contributed by atoms with Crippen LogP contribution in [0, 0.1) is 19.7 Å². The molecule has 0 bridgehead atoms. The van der Waals surface area contributed by atoms with Gasteiger partial charge >= 0.3 is 0 Å². The van der Waals surface area contributed by atoms with Crippen molar-refractivity contribution in [3.05, 3.63) is 47.1 Å². The molecule has 8 heteroatoms. The highest BCUT2D eigenvalue weighted by atomic mass is 32.2. The van der Waals surface area contributed by atoms with Crippen molar-refractivity contribution in [2.45, 2.75) is 24.8 Å². The zero-order chi connectivity index (χ0) is 17.5. The van der Waals surface area contributed by atoms with Gasteiger partial charge in [-0.1, -0.05) is 23.4 Å². The van der Waals surface area contributed by atoms with Crippen LogP contribution in [-0.4, -0.2) is 49.5 Å². The second-order valence-electron chi connectivity index (χ2n) is 6.03. The zero-order valence-electron chi connectivity index (χ0n) is 13.9. The number of rotatable bonds is 3. The molecule has 6 nitrogen and oxygen atoms in total. The predicted molar refractivity (Wildman–Crippen MR) is 86.5 cm³/mol. The number of benzene rings is 1. The number of piperazine rings is 1. The second kappa shape index (κ2) is 6.27. The molecule has 3 rings (SSSR count). The van der Waals surface area contributed by atoms with Crippen LogP contribution in [0.5, 0.6) is 0 Å². The van der Waals surface area contributed by atoms with Crippen LogP contribution in [0.15, 0.2) is 33.7 Å². The average Bonchev–Trinajstić information content (AvgIpc) is 2.88. The fourth-order valence-electron chi connectivity index (χ4n) is 3.12. The molecule has 0 amide bonds. The molecule has 1 aromatic heterocycles. The standard InChI is InChI=1S/C16H20FN3O3S/c1-11-16(12(2)23-18-11)24(21,22)20-9-8-19(3)15(10-20)13-6-4-5-7-14(13)17/h4-7,15H,8-10H2,1-3H3. The van der Waals surface area contributed by atoms with E-state index in [1.54, 1.807) is 32.0 Å². The molecule has 0 radical (unpaired) electrons. The maximum Gasteiger partial charge on any atom is 0.248 e. The Labute approximate surface area is 140 Å². The van der Waals surface area contributed by atoms with Crippen LogP contribution >= 0.6 is 0 Å². The molecule has 0 saturated carbocycles. The second-order valence-corrected chi connectivity index (χ2v) is 7.91. The van der Waals surface area contributed by atoms with E-state index in [1.807, 2.05) is 11.9 Å². The molecule has 1 aliphatic heterocycles. The highest BCUT2D eigenvalue weighted by molar-refractivity contribution is 7.89. The molecule has 0 spiro atoms. The van der Waals surface area contributed by atoms with Gasteiger partial charge in [0.05, 0.1) is 6.04 Å². The van der Waals surface area contributed by atoms with Gasteiger partial charge in [0.25, 0.3) is 0 Å². The van der Waals surface area contributed by atoms with Gasteiger partial charge in [0, 0.05) is 25.2 Å². The monoisotopic (exact) mass is 353 g/mol. The highest BCUT2D eigenvalue weighted by Crippen LogP contribution is 2.31. The summed E-state index contributed by atoms with van der Waals surface area (Å²) in [6.07, 6.45) is 0. The number of likely N-dealkylation sites (N-methyl/N-ethyl adjacent to an activating group) is 1. The van der Waals surface area contributed by atoms with Crippen molar-refractivity contribution in [3.8, 4) is 0 Å². The normalized spacial score (nSPS) is 20.4. The minimum atomic E-state index is -3.73. The maximum atomic E-state index is 14.2. The molecule has 0 aliphatic carbocycles. The number of hydrogen-bond acceptors (Lipinski definition) is 5. The molecule has 1 fully saturated rings. The molecule has 2 aromatic rings. The third kappa shape index (κ3) is 2.85. The van der Waals surface area contributed by atoms with Crippen molar-refractivity contribution < 1.29 is 17.3 Å². The Bertz CT molecular complexity index is 831. The lowest BCUT2D eigenvalue weighted by Gasteiger charge is -2.38. The zero-order valence-corrected chi connectivity index (χ0v) is 14.7. The van der Waals surface area contributed by atoms with E-state index in [0.29, 0.717) is 24.3 Å². The number of halogens is 1. The molecular formula is C16H20FN3O3S. The number of hydrogen-bond donors (Lipinski definition) is 0. The lowest BCUT2D eigenvalue weighted by molar-refractivity contribution is 0.145. The van der Waals surface area contributed by atoms with E-state index in [4.69, 9.17) is 4.52 Å². The van der Waals surface area contributed by atoms with Crippen LogP contribution in [0.4, 0.5) is 4.39 Å². The summed E-state index contributed by atoms with van der Waals surface area (Å²) in [5.74, 6) is -0.0557. The molecule has 1 atom stereocenters. The Hall–Kier alpha value is -1.77. The third-order valence-electron chi connectivity index (χ3n) is 4.44. The van der Waals surface area contributed by atoms with Gasteiger partial charge in [-0.25, -0.2) is 12.8 Å². The first-order chi connectivity index (χ1) is 11.3. The van der Waals surface area contributed by atoms with Gasteiger partial charge in [-0.3, -0.25) is 4.90 Å². The van der Waals surface area contributed by atoms with E-state index in [-0.39, 0.29) is 29.1 Å². The Balaban J connectivity index is 1.95. The first-order valence-corrected chi connectivity index (χ1v) is 9.14. The van der Waals surface area contributed by atoms with Gasteiger partial charge in [0.15, 0.2) is 5.76 Å². The van der Waals surface area contributed by atoms with Crippen molar-refractivity contribution in [1.82, 2.24) is 14.4 Å². The lowest BCUT2D eigenvalue weighted by Crippen LogP contribution is -2.49. The summed E-state index contributed by atoms with van der Waals surface area (Å²) in [4.78, 5) is 2.08. The highest BCUT2D eigenvalue weighted by Gasteiger charge is 2.37. The summed E-state index contributed by atoms with van der Waals surface area (Å²) >= 11 is 0. The molecule has 1 aliphatic rings. The predicted octanol–water partition coefficient (Wildman–Crippen LogP) is 2.11. The van der Waals surface area contributed by atoms with E-state index >= 15 is 0 Å². The fourth-order valence-corrected chi connectivity index (χ4v) is 4.85. The number of nitrogens with zero attached hydrogens (tertiary/aromatic N) is 3. The molecular weight excluding hydrogens is 333 g/mol. The molecule has 24 heavy (non-hydrogen) atoms. The Morgan fingerprint density at radius 3 is 2.58 bits per heavy atom. The van der Waals surface area contributed by atoms with Gasteiger partial charge in [0.1, 0.15) is 16.4 Å². The van der Waals surface area contributed by atoms with Crippen molar-refractivity contribution in [2.24, 2.45) is 0 Å². The maximum absolute atomic E-state index is 14.2. The van der Waals surface area contributed by atoms with Gasteiger partial charge < -0.3 is 4.52 Å². The summed E-state index contributed by atoms with van der Waals surface area (Å²) in [5.41, 5.74) is 0.840. The molecule has 0 N–H and O–H groups in total. The first-order valence-electron chi connectivity index (χ1n) is 7.70. The van der Waals surface area contributed by atoms with Crippen molar-refractivity contribution in [2.75, 3.05) is 26.7 Å². The van der Waals surface area contributed by atoms with Crippen LogP contribution in [0.2, 0.25) is 0 Å². The quantitative estimate of drug-likeness (QED) is 0.845. The van der Waals surface area contributed by atoms with Crippen molar-refractivity contribution >= 4 is 10.0 Å². The Morgan fingerprint density at radius 2 is 1.96 bits per heavy atom. The third-order valence-corrected chi connectivity index (χ3v) is 6.55. The van der Waals surface area contributed by atoms with Crippen LogP contribution in [0.1, 0.15) is 23.1 Å². The van der Waals surface area contributed by atoms with E-state index < -0.39 is 10.0 Å². The first kappa shape index (κ1) is 17.1. The Morgan fingerprint density at radius 1 is 1.25 bits per heavy atom. The molecule has 1 aromatic carbocycles. The van der Waals surface area contributed by atoms with E-state index in [2.05, 4.69) is 5.16 Å². The number of sulfonamides is 1. The van der Waals surface area contributed by atoms with E-state index in [1.165, 1.54) is 10.4 Å². The average molecular weight is 353 g/mol. The summed E-state index contributed by atoms with van der Waals surface area (Å²) in [7, 11) is -1.86. The van der Waals surface area contributed by atoms with Crippen molar-refractivity contribution in [3.63, 3.8) is 0 Å². The van der Waals surface area contributed by atoms with Gasteiger partial charge in [-0.2, -0.15) is 4.31 Å². The minimum absolute atomic E-state index is 0.110. The molecule has 2 heterocycles. The molecule has 130 valence electrons. The minimum Gasteiger partial charge on any atom is -0.360 e. The van der Waals surface area contributed by atoms with E-state index in [9.17, 15) is 12.8 Å². The summed E-state index contributed by atoms with van der Waals surface area (Å²) in [5, 5.41) is 3.73. The lowest BCUT2D eigenvalue weighted by atomic mass is 10.0. The van der Waals surface area contributed by atoms with Gasteiger partial charge in [-0.05, 0) is 27.0 Å². The van der Waals surface area contributed by atoms with Crippen LogP contribution in [-0.2, 0) is 10.0 Å². The number of aromatic nitrogens is 1. The largest absolute Gasteiger partial charge is 0.360 e. The fraction of sp³-hybridized carbons (Fsp3) is 0.438. The van der Waals surface area contributed by atoms with Crippen molar-refractivity contribution in [1.29, 1.82) is 0 Å².